The molecule has 5 rings (SSSR count). The molecule has 2 heterocycles. The molecule has 0 spiro atoms. The third-order valence-electron chi connectivity index (χ3n) is 5.38. The first-order valence-electron chi connectivity index (χ1n) is 10.9. The Morgan fingerprint density at radius 1 is 0.857 bits per heavy atom. The molecule has 2 aromatic heterocycles. The van der Waals surface area contributed by atoms with Crippen LogP contribution in [0.2, 0.25) is 5.02 Å². The van der Waals surface area contributed by atoms with Crippen molar-refractivity contribution in [1.29, 1.82) is 0 Å². The number of nitrogens with zero attached hydrogens (tertiary/aromatic N) is 2. The molecule has 1 unspecified atom stereocenters. The first-order chi connectivity index (χ1) is 15.9. The number of nitrogens with one attached hydrogen (secondary N) is 2. The van der Waals surface area contributed by atoms with Gasteiger partial charge in [0.15, 0.2) is 0 Å². The van der Waals surface area contributed by atoms with Crippen LogP contribution in [0, 0.1) is 0 Å². The fourth-order valence-corrected chi connectivity index (χ4v) is 3.71. The minimum absolute atomic E-state index is 0. The van der Waals surface area contributed by atoms with Crippen LogP contribution < -0.4 is 0 Å². The van der Waals surface area contributed by atoms with E-state index < -0.39 is 5.97 Å². The van der Waals surface area contributed by atoms with Crippen LogP contribution in [-0.2, 0) is 32.3 Å². The van der Waals surface area contributed by atoms with E-state index in [-0.39, 0.29) is 45.0 Å². The van der Waals surface area contributed by atoms with Gasteiger partial charge in [-0.15, -0.1) is 0 Å². The van der Waals surface area contributed by atoms with E-state index in [2.05, 4.69) is 34.2 Å². The quantitative estimate of drug-likeness (QED) is 0.248. The smallest absolute Gasteiger partial charge is 0.676 e. The number of rotatable bonds is 2. The van der Waals surface area contributed by atoms with Crippen LogP contribution in [0.25, 0.3) is 33.3 Å². The maximum atomic E-state index is 10.2. The van der Waals surface area contributed by atoms with E-state index in [4.69, 9.17) is 28.2 Å². The van der Waals surface area contributed by atoms with Crippen LogP contribution in [0.5, 0.6) is 0 Å². The normalized spacial score (nSPS) is 16.4. The van der Waals surface area contributed by atoms with Crippen LogP contribution in [0.3, 0.4) is 0 Å². The SMILES string of the molecule is O.O=C(O)Cc1ccc(Cl)cc1.[NH-]C1CCCC[C@@H]1[NH-].[Pt+2].c1cnc2c(c1)ccc1cccnc12. The average Bonchev–Trinajstić information content (AvgIpc) is 2.83. The van der Waals surface area contributed by atoms with Crippen molar-refractivity contribution < 1.29 is 36.4 Å². The molecule has 1 aliphatic rings. The van der Waals surface area contributed by atoms with Crippen molar-refractivity contribution in [3.8, 4) is 0 Å². The summed E-state index contributed by atoms with van der Waals surface area (Å²) >= 11 is 5.60. The van der Waals surface area contributed by atoms with Crippen LogP contribution in [-0.4, -0.2) is 38.6 Å². The number of benzene rings is 2. The van der Waals surface area contributed by atoms with Crippen molar-refractivity contribution in [2.45, 2.75) is 44.2 Å². The maximum absolute atomic E-state index is 10.2. The van der Waals surface area contributed by atoms with E-state index in [0.29, 0.717) is 5.02 Å². The molecule has 1 aliphatic carbocycles. The Balaban J connectivity index is 0.000000265. The molecule has 1 saturated carbocycles. The molecule has 7 nitrogen and oxygen atoms in total. The molecule has 0 amide bonds. The molecule has 9 heteroatoms. The molecule has 188 valence electrons. The Hall–Kier alpha value is -2.41. The summed E-state index contributed by atoms with van der Waals surface area (Å²) in [6, 6.07) is 18.7. The maximum Gasteiger partial charge on any atom is 2.00 e. The molecule has 0 saturated heterocycles. The number of pyridine rings is 2. The van der Waals surface area contributed by atoms with Crippen molar-refractivity contribution >= 4 is 39.4 Å². The van der Waals surface area contributed by atoms with Gasteiger partial charge >= 0.3 is 27.0 Å². The molecular weight excluding hydrogens is 647 g/mol. The van der Waals surface area contributed by atoms with Gasteiger partial charge in [-0.2, -0.15) is 12.1 Å². The zero-order valence-electron chi connectivity index (χ0n) is 19.1. The second-order valence-electron chi connectivity index (χ2n) is 7.91. The van der Waals surface area contributed by atoms with Gasteiger partial charge in [-0.25, -0.2) is 0 Å². The van der Waals surface area contributed by atoms with E-state index in [1.54, 1.807) is 36.7 Å². The van der Waals surface area contributed by atoms with E-state index in [0.717, 1.165) is 40.2 Å². The number of hydrogen-bond donors (Lipinski definition) is 1. The fourth-order valence-electron chi connectivity index (χ4n) is 3.59. The van der Waals surface area contributed by atoms with Crippen LogP contribution >= 0.6 is 11.6 Å². The molecule has 0 radical (unpaired) electrons. The fraction of sp³-hybridized carbons (Fsp3) is 0.269. The number of carboxylic acids is 1. The summed E-state index contributed by atoms with van der Waals surface area (Å²) in [4.78, 5) is 18.9. The van der Waals surface area contributed by atoms with E-state index in [1.165, 1.54) is 12.8 Å². The topological polar surface area (TPSA) is 142 Å². The predicted octanol–water partition coefficient (Wildman–Crippen LogP) is 6.32. The minimum atomic E-state index is -0.827. The Kier molecular flexibility index (Phi) is 13.6. The molecule has 35 heavy (non-hydrogen) atoms. The van der Waals surface area contributed by atoms with E-state index in [9.17, 15) is 4.79 Å². The largest absolute Gasteiger partial charge is 2.00 e. The summed E-state index contributed by atoms with van der Waals surface area (Å²) in [6.07, 6.45) is 7.90. The number of carboxylic acid groups (broad SMARTS) is 1. The third-order valence-corrected chi connectivity index (χ3v) is 5.63. The van der Waals surface area contributed by atoms with Gasteiger partial charge < -0.3 is 22.1 Å². The number of fused-ring (bicyclic) bond motifs is 3. The van der Waals surface area contributed by atoms with Gasteiger partial charge in [-0.05, 0) is 29.8 Å². The Morgan fingerprint density at radius 3 is 1.71 bits per heavy atom. The minimum Gasteiger partial charge on any atom is -0.676 e. The van der Waals surface area contributed by atoms with Gasteiger partial charge in [-0.3, -0.25) is 14.8 Å². The molecule has 4 aromatic rings. The number of carbonyl (C=O) groups is 1. The van der Waals surface area contributed by atoms with Gasteiger partial charge in [0.25, 0.3) is 0 Å². The predicted molar refractivity (Wildman–Crippen MR) is 138 cm³/mol. The molecule has 0 bridgehead atoms. The Morgan fingerprint density at radius 2 is 1.31 bits per heavy atom. The standard InChI is InChI=1S/C12H8N2.C8H7ClO2.C6H12N2.H2O.Pt/c1-3-9-5-6-10-4-2-8-14-12(10)11(9)13-7-1;9-7-3-1-6(2-4-7)5-8(10)11;7-5-3-1-2-4-6(5)8;;/h1-8H;1-4H,5H2,(H,10,11);5-8H,1-4H2;1H2;/q;;-2;;+2/t;;5-,6?;;/m..0../s1. The zero-order chi connectivity index (χ0) is 23.6. The van der Waals surface area contributed by atoms with Crippen LogP contribution in [0.15, 0.2) is 73.1 Å². The van der Waals surface area contributed by atoms with E-state index in [1.807, 2.05) is 12.1 Å². The average molecular weight is 676 g/mol. The second-order valence-corrected chi connectivity index (χ2v) is 8.35. The summed E-state index contributed by atoms with van der Waals surface area (Å²) in [7, 11) is 0. The summed E-state index contributed by atoms with van der Waals surface area (Å²) in [5.74, 6) is -0.827. The van der Waals surface area contributed by atoms with Crippen molar-refractivity contribution in [3.05, 3.63) is 95.1 Å². The number of hydrogen-bond acceptors (Lipinski definition) is 3. The summed E-state index contributed by atoms with van der Waals surface area (Å²) < 4.78 is 0. The molecule has 0 aliphatic heterocycles. The van der Waals surface area contributed by atoms with Gasteiger partial charge in [0.05, 0.1) is 17.5 Å². The monoisotopic (exact) mass is 675 g/mol. The van der Waals surface area contributed by atoms with E-state index >= 15 is 0 Å². The molecule has 2 atom stereocenters. The van der Waals surface area contributed by atoms with Crippen molar-refractivity contribution in [2.75, 3.05) is 0 Å². The van der Waals surface area contributed by atoms with Crippen LogP contribution in [0.4, 0.5) is 0 Å². The Labute approximate surface area is 224 Å². The number of aliphatic carboxylic acids is 1. The van der Waals surface area contributed by atoms with Gasteiger partial charge in [0.2, 0.25) is 0 Å². The van der Waals surface area contributed by atoms with Crippen molar-refractivity contribution in [1.82, 2.24) is 9.97 Å². The van der Waals surface area contributed by atoms with Gasteiger partial charge in [0.1, 0.15) is 0 Å². The summed E-state index contributed by atoms with van der Waals surface area (Å²) in [6.45, 7) is 0. The molecule has 5 N–H and O–H groups in total. The van der Waals surface area contributed by atoms with Crippen LogP contribution in [0.1, 0.15) is 31.2 Å². The van der Waals surface area contributed by atoms with Crippen molar-refractivity contribution in [2.24, 2.45) is 0 Å². The Bertz CT molecular complexity index is 1130. The zero-order valence-corrected chi connectivity index (χ0v) is 22.1. The number of aromatic nitrogens is 2. The summed E-state index contributed by atoms with van der Waals surface area (Å²) in [5.41, 5.74) is 17.3. The first-order valence-corrected chi connectivity index (χ1v) is 11.3. The summed E-state index contributed by atoms with van der Waals surface area (Å²) in [5, 5.41) is 11.3. The van der Waals surface area contributed by atoms with Gasteiger partial charge in [-0.1, -0.05) is 73.7 Å². The number of halogens is 1. The molecule has 1 fully saturated rings. The molecule has 2 aromatic carbocycles. The second kappa shape index (κ2) is 15.6. The first kappa shape index (κ1) is 30.6. The van der Waals surface area contributed by atoms with Crippen molar-refractivity contribution in [3.63, 3.8) is 0 Å². The third kappa shape index (κ3) is 9.63. The van der Waals surface area contributed by atoms with Gasteiger partial charge in [0, 0.05) is 28.2 Å². The molecular formula is C26H29ClN4O3Pt.